The molecule has 0 aliphatic carbocycles. The van der Waals surface area contributed by atoms with Crippen LogP contribution in [0.5, 0.6) is 0 Å². The first-order valence-electron chi connectivity index (χ1n) is 4.59. The molecule has 4 heteroatoms. The van der Waals surface area contributed by atoms with Crippen LogP contribution in [0.15, 0.2) is 28.6 Å². The lowest BCUT2D eigenvalue weighted by Crippen LogP contribution is -2.27. The number of halogens is 1. The number of nitrogens with one attached hydrogen (secondary N) is 1. The fraction of sp³-hybridized carbons (Fsp3) is 0.400. The lowest BCUT2D eigenvalue weighted by Gasteiger charge is -2.12. The van der Waals surface area contributed by atoms with Crippen LogP contribution < -0.4 is 11.3 Å². The van der Waals surface area contributed by atoms with E-state index in [4.69, 9.17) is 5.84 Å². The normalized spacial score (nSPS) is 12.7. The molecule has 14 heavy (non-hydrogen) atoms. The van der Waals surface area contributed by atoms with Crippen molar-refractivity contribution in [3.05, 3.63) is 33.5 Å². The molecule has 0 bridgehead atoms. The molecule has 78 valence electrons. The Morgan fingerprint density at radius 3 is 3.00 bits per heavy atom. The predicted molar refractivity (Wildman–Crippen MR) is 66.1 cm³/mol. The van der Waals surface area contributed by atoms with Gasteiger partial charge in [0, 0.05) is 14.7 Å². The van der Waals surface area contributed by atoms with E-state index >= 15 is 0 Å². The third-order valence-corrected chi connectivity index (χ3v) is 3.84. The molecule has 1 unspecified atom stereocenters. The van der Waals surface area contributed by atoms with Crippen molar-refractivity contribution < 1.29 is 0 Å². The maximum atomic E-state index is 5.51. The molecule has 0 aromatic carbocycles. The van der Waals surface area contributed by atoms with Gasteiger partial charge in [0.15, 0.2) is 0 Å². The van der Waals surface area contributed by atoms with Gasteiger partial charge in [-0.1, -0.05) is 6.08 Å². The molecule has 0 spiro atoms. The van der Waals surface area contributed by atoms with Crippen molar-refractivity contribution >= 4 is 27.3 Å². The van der Waals surface area contributed by atoms with Crippen molar-refractivity contribution in [2.75, 3.05) is 0 Å². The van der Waals surface area contributed by atoms with Gasteiger partial charge in [-0.2, -0.15) is 0 Å². The van der Waals surface area contributed by atoms with E-state index in [1.807, 2.05) is 6.08 Å². The minimum Gasteiger partial charge on any atom is -0.271 e. The lowest BCUT2D eigenvalue weighted by atomic mass is 10.1. The molecule has 0 saturated carbocycles. The summed E-state index contributed by atoms with van der Waals surface area (Å²) in [5, 5.41) is 2.08. The number of hydrogen-bond acceptors (Lipinski definition) is 3. The van der Waals surface area contributed by atoms with Crippen molar-refractivity contribution in [2.24, 2.45) is 5.84 Å². The zero-order valence-electron chi connectivity index (χ0n) is 8.00. The van der Waals surface area contributed by atoms with Gasteiger partial charge in [0.2, 0.25) is 0 Å². The average Bonchev–Trinajstić information content (AvgIpc) is 2.60. The third kappa shape index (κ3) is 3.53. The molecule has 0 radical (unpaired) electrons. The number of hydrogen-bond donors (Lipinski definition) is 2. The summed E-state index contributed by atoms with van der Waals surface area (Å²) in [6.07, 6.45) is 5.16. The molecule has 0 fully saturated rings. The highest BCUT2D eigenvalue weighted by atomic mass is 79.9. The topological polar surface area (TPSA) is 38.0 Å². The smallest absolute Gasteiger partial charge is 0.0553 e. The van der Waals surface area contributed by atoms with Gasteiger partial charge in [-0.15, -0.1) is 17.9 Å². The highest BCUT2D eigenvalue weighted by Gasteiger charge is 2.10. The summed E-state index contributed by atoms with van der Waals surface area (Å²) in [5.74, 6) is 5.51. The van der Waals surface area contributed by atoms with E-state index in [1.54, 1.807) is 11.3 Å². The van der Waals surface area contributed by atoms with Crippen molar-refractivity contribution in [1.29, 1.82) is 0 Å². The fourth-order valence-electron chi connectivity index (χ4n) is 1.29. The number of unbranched alkanes of at least 4 members (excludes halogenated alkanes) is 1. The van der Waals surface area contributed by atoms with Crippen molar-refractivity contribution in [2.45, 2.75) is 25.3 Å². The molecule has 0 saturated heterocycles. The van der Waals surface area contributed by atoms with Crippen LogP contribution in [0, 0.1) is 0 Å². The molecule has 1 atom stereocenters. The summed E-state index contributed by atoms with van der Waals surface area (Å²) in [6.45, 7) is 3.70. The number of hydrazine groups is 1. The first-order chi connectivity index (χ1) is 6.77. The monoisotopic (exact) mass is 274 g/mol. The number of nitrogens with two attached hydrogens (primary N) is 1. The van der Waals surface area contributed by atoms with Crippen molar-refractivity contribution in [3.63, 3.8) is 0 Å². The quantitative estimate of drug-likeness (QED) is 0.361. The highest BCUT2D eigenvalue weighted by Crippen LogP contribution is 2.28. The highest BCUT2D eigenvalue weighted by molar-refractivity contribution is 9.10. The van der Waals surface area contributed by atoms with Crippen LogP contribution in [0.2, 0.25) is 0 Å². The van der Waals surface area contributed by atoms with E-state index in [2.05, 4.69) is 39.4 Å². The largest absolute Gasteiger partial charge is 0.271 e. The van der Waals surface area contributed by atoms with Crippen LogP contribution in [-0.4, -0.2) is 0 Å². The van der Waals surface area contributed by atoms with E-state index in [1.165, 1.54) is 4.88 Å². The molecule has 1 aromatic rings. The molecule has 0 aliphatic rings. The van der Waals surface area contributed by atoms with Gasteiger partial charge in [0.25, 0.3) is 0 Å². The second kappa shape index (κ2) is 6.35. The maximum absolute atomic E-state index is 5.51. The summed E-state index contributed by atoms with van der Waals surface area (Å²) in [6, 6.07) is 2.38. The molecule has 2 nitrogen and oxygen atoms in total. The average molecular weight is 275 g/mol. The maximum Gasteiger partial charge on any atom is 0.0553 e. The van der Waals surface area contributed by atoms with Gasteiger partial charge < -0.3 is 0 Å². The SMILES string of the molecule is C=CCCCC(NN)c1cc(Br)cs1. The molecule has 1 rings (SSSR count). The van der Waals surface area contributed by atoms with E-state index in [9.17, 15) is 0 Å². The molecule has 0 aliphatic heterocycles. The second-order valence-corrected chi connectivity index (χ2v) is 4.96. The minimum atomic E-state index is 0.270. The van der Waals surface area contributed by atoms with Gasteiger partial charge in [-0.3, -0.25) is 11.3 Å². The standard InChI is InChI=1S/C10H15BrN2S/c1-2-3-4-5-9(13-12)10-6-8(11)7-14-10/h2,6-7,9,13H,1,3-5,12H2. The first kappa shape index (κ1) is 11.9. The Bertz CT molecular complexity index is 285. The van der Waals surface area contributed by atoms with E-state index in [0.717, 1.165) is 23.7 Å². The Hall–Kier alpha value is -0.160. The third-order valence-electron chi connectivity index (χ3n) is 2.03. The van der Waals surface area contributed by atoms with Crippen LogP contribution in [0.25, 0.3) is 0 Å². The van der Waals surface area contributed by atoms with E-state index < -0.39 is 0 Å². The van der Waals surface area contributed by atoms with Gasteiger partial charge in [0.1, 0.15) is 0 Å². The summed E-state index contributed by atoms with van der Waals surface area (Å²) >= 11 is 5.16. The van der Waals surface area contributed by atoms with Crippen LogP contribution in [-0.2, 0) is 0 Å². The van der Waals surface area contributed by atoms with E-state index in [0.29, 0.717) is 0 Å². The molecular formula is C10H15BrN2S. The van der Waals surface area contributed by atoms with Crippen LogP contribution in [0.3, 0.4) is 0 Å². The van der Waals surface area contributed by atoms with Crippen LogP contribution in [0.4, 0.5) is 0 Å². The van der Waals surface area contributed by atoms with Crippen LogP contribution >= 0.6 is 27.3 Å². The Balaban J connectivity index is 2.49. The molecule has 0 amide bonds. The molecular weight excluding hydrogens is 260 g/mol. The van der Waals surface area contributed by atoms with Gasteiger partial charge in [0.05, 0.1) is 6.04 Å². The lowest BCUT2D eigenvalue weighted by molar-refractivity contribution is 0.508. The van der Waals surface area contributed by atoms with E-state index in [-0.39, 0.29) is 6.04 Å². The Morgan fingerprint density at radius 1 is 1.71 bits per heavy atom. The minimum absolute atomic E-state index is 0.270. The number of allylic oxidation sites excluding steroid dienone is 1. The summed E-state index contributed by atoms with van der Waals surface area (Å²) in [4.78, 5) is 1.28. The summed E-state index contributed by atoms with van der Waals surface area (Å²) in [5.41, 5.74) is 2.85. The Kier molecular flexibility index (Phi) is 5.40. The van der Waals surface area contributed by atoms with Crippen molar-refractivity contribution in [3.8, 4) is 0 Å². The summed E-state index contributed by atoms with van der Waals surface area (Å²) in [7, 11) is 0. The Labute approximate surface area is 97.3 Å². The molecule has 1 heterocycles. The molecule has 1 aromatic heterocycles. The first-order valence-corrected chi connectivity index (χ1v) is 6.26. The molecule has 3 N–H and O–H groups in total. The summed E-state index contributed by atoms with van der Waals surface area (Å²) < 4.78 is 1.13. The zero-order chi connectivity index (χ0) is 10.4. The Morgan fingerprint density at radius 2 is 2.50 bits per heavy atom. The van der Waals surface area contributed by atoms with Gasteiger partial charge >= 0.3 is 0 Å². The van der Waals surface area contributed by atoms with Crippen LogP contribution in [0.1, 0.15) is 30.2 Å². The van der Waals surface area contributed by atoms with Gasteiger partial charge in [-0.25, -0.2) is 0 Å². The zero-order valence-corrected chi connectivity index (χ0v) is 10.4. The second-order valence-electron chi connectivity index (χ2n) is 3.11. The van der Waals surface area contributed by atoms with Crippen molar-refractivity contribution in [1.82, 2.24) is 5.43 Å². The number of thiophene rings is 1. The van der Waals surface area contributed by atoms with Gasteiger partial charge in [-0.05, 0) is 41.3 Å². The fourth-order valence-corrected chi connectivity index (χ4v) is 2.83. The number of rotatable bonds is 6. The predicted octanol–water partition coefficient (Wildman–Crippen LogP) is 3.37.